The molecule has 1 aromatic carbocycles. The fourth-order valence-corrected chi connectivity index (χ4v) is 2.21. The minimum absolute atomic E-state index is 0.313. The summed E-state index contributed by atoms with van der Waals surface area (Å²) in [6.45, 7) is 5.18. The Morgan fingerprint density at radius 1 is 1.11 bits per heavy atom. The Labute approximate surface area is 106 Å². The van der Waals surface area contributed by atoms with Gasteiger partial charge in [0.1, 0.15) is 0 Å². The molecule has 0 aliphatic carbocycles. The number of hydrogen-bond donors (Lipinski definition) is 1. The number of hydrogen-bond acceptors (Lipinski definition) is 3. The van der Waals surface area contributed by atoms with Crippen LogP contribution in [0.5, 0.6) is 11.5 Å². The van der Waals surface area contributed by atoms with Gasteiger partial charge in [-0.15, -0.1) is 0 Å². The average molecular weight is 244 g/mol. The number of aromatic nitrogens is 1. The van der Waals surface area contributed by atoms with Crippen LogP contribution < -0.4 is 14.9 Å². The van der Waals surface area contributed by atoms with E-state index in [4.69, 9.17) is 9.47 Å². The second-order valence-electron chi connectivity index (χ2n) is 4.44. The quantitative estimate of drug-likeness (QED) is 0.901. The lowest BCUT2D eigenvalue weighted by molar-refractivity contribution is 0.173. The normalized spacial score (nSPS) is 12.8. The van der Waals surface area contributed by atoms with Gasteiger partial charge >= 0.3 is 0 Å². The van der Waals surface area contributed by atoms with E-state index in [-0.39, 0.29) is 0 Å². The molecule has 1 N–H and O–H groups in total. The van der Waals surface area contributed by atoms with Crippen molar-refractivity contribution >= 4 is 0 Å². The molecule has 0 radical (unpaired) electrons. The molecule has 0 saturated heterocycles. The SMILES string of the molecule is Cc1ccc(C)n1NCc1cccc2c1OCO2. The van der Waals surface area contributed by atoms with Gasteiger partial charge < -0.3 is 14.9 Å². The third-order valence-corrected chi connectivity index (χ3v) is 3.18. The molecule has 0 unspecified atom stereocenters. The first kappa shape index (κ1) is 11.0. The summed E-state index contributed by atoms with van der Waals surface area (Å²) in [5.41, 5.74) is 6.88. The van der Waals surface area contributed by atoms with E-state index in [0.717, 1.165) is 17.1 Å². The first-order chi connectivity index (χ1) is 8.75. The van der Waals surface area contributed by atoms with Crippen LogP contribution in [0.4, 0.5) is 0 Å². The number of rotatable bonds is 3. The maximum absolute atomic E-state index is 5.49. The van der Waals surface area contributed by atoms with Gasteiger partial charge in [0, 0.05) is 17.0 Å². The smallest absolute Gasteiger partial charge is 0.231 e. The van der Waals surface area contributed by atoms with Crippen molar-refractivity contribution in [2.45, 2.75) is 20.4 Å². The molecule has 1 aliphatic rings. The third kappa shape index (κ3) is 1.79. The maximum atomic E-state index is 5.49. The molecule has 0 fully saturated rings. The van der Waals surface area contributed by atoms with Crippen LogP contribution in [-0.4, -0.2) is 11.5 Å². The first-order valence-corrected chi connectivity index (χ1v) is 6.02. The van der Waals surface area contributed by atoms with E-state index in [1.807, 2.05) is 12.1 Å². The maximum Gasteiger partial charge on any atom is 0.231 e. The molecule has 0 saturated carbocycles. The lowest BCUT2D eigenvalue weighted by Gasteiger charge is -2.13. The zero-order valence-corrected chi connectivity index (χ0v) is 10.6. The lowest BCUT2D eigenvalue weighted by atomic mass is 10.2. The average Bonchev–Trinajstić information content (AvgIpc) is 2.95. The fourth-order valence-electron chi connectivity index (χ4n) is 2.21. The summed E-state index contributed by atoms with van der Waals surface area (Å²) in [6, 6.07) is 10.2. The van der Waals surface area contributed by atoms with Crippen molar-refractivity contribution in [3.05, 3.63) is 47.3 Å². The Balaban J connectivity index is 1.80. The van der Waals surface area contributed by atoms with Gasteiger partial charge in [-0.25, -0.2) is 0 Å². The van der Waals surface area contributed by atoms with Crippen LogP contribution in [0.3, 0.4) is 0 Å². The Morgan fingerprint density at radius 3 is 2.67 bits per heavy atom. The molecule has 0 spiro atoms. The van der Waals surface area contributed by atoms with Gasteiger partial charge in [0.25, 0.3) is 0 Å². The van der Waals surface area contributed by atoms with Crippen molar-refractivity contribution < 1.29 is 9.47 Å². The molecule has 0 atom stereocenters. The minimum atomic E-state index is 0.313. The summed E-state index contributed by atoms with van der Waals surface area (Å²) in [5, 5.41) is 0. The van der Waals surface area contributed by atoms with Crippen molar-refractivity contribution in [2.75, 3.05) is 12.2 Å². The molecule has 2 heterocycles. The number of para-hydroxylation sites is 1. The minimum Gasteiger partial charge on any atom is -0.454 e. The summed E-state index contributed by atoms with van der Waals surface area (Å²) < 4.78 is 12.9. The van der Waals surface area contributed by atoms with Gasteiger partial charge in [0.15, 0.2) is 11.5 Å². The Morgan fingerprint density at radius 2 is 1.89 bits per heavy atom. The number of aryl methyl sites for hydroxylation is 2. The van der Waals surface area contributed by atoms with Crippen LogP contribution in [-0.2, 0) is 6.54 Å². The summed E-state index contributed by atoms with van der Waals surface area (Å²) in [5.74, 6) is 1.68. The highest BCUT2D eigenvalue weighted by molar-refractivity contribution is 5.48. The monoisotopic (exact) mass is 244 g/mol. The second kappa shape index (κ2) is 4.29. The zero-order chi connectivity index (χ0) is 12.5. The first-order valence-electron chi connectivity index (χ1n) is 6.02. The van der Waals surface area contributed by atoms with E-state index in [1.165, 1.54) is 11.4 Å². The van der Waals surface area contributed by atoms with Crippen LogP contribution in [0, 0.1) is 13.8 Å². The molecule has 18 heavy (non-hydrogen) atoms. The summed E-state index contributed by atoms with van der Waals surface area (Å²) >= 11 is 0. The molecular weight excluding hydrogens is 228 g/mol. The van der Waals surface area contributed by atoms with Crippen molar-refractivity contribution in [1.82, 2.24) is 4.68 Å². The molecule has 1 aromatic heterocycles. The Hall–Kier alpha value is -2.10. The van der Waals surface area contributed by atoms with Crippen LogP contribution >= 0.6 is 0 Å². The molecule has 94 valence electrons. The highest BCUT2D eigenvalue weighted by Crippen LogP contribution is 2.35. The van der Waals surface area contributed by atoms with Crippen molar-refractivity contribution in [3.63, 3.8) is 0 Å². The number of ether oxygens (including phenoxy) is 2. The molecule has 2 aromatic rings. The molecule has 1 aliphatic heterocycles. The van der Waals surface area contributed by atoms with Gasteiger partial charge in [-0.05, 0) is 32.0 Å². The van der Waals surface area contributed by atoms with Crippen LogP contribution in [0.1, 0.15) is 17.0 Å². The molecule has 0 amide bonds. The number of nitrogens with one attached hydrogen (secondary N) is 1. The van der Waals surface area contributed by atoms with Gasteiger partial charge in [-0.1, -0.05) is 12.1 Å². The molecule has 4 nitrogen and oxygen atoms in total. The lowest BCUT2D eigenvalue weighted by Crippen LogP contribution is -2.17. The summed E-state index contributed by atoms with van der Waals surface area (Å²) in [7, 11) is 0. The number of fused-ring (bicyclic) bond motifs is 1. The Bertz CT molecular complexity index is 556. The van der Waals surface area contributed by atoms with Crippen molar-refractivity contribution in [1.29, 1.82) is 0 Å². The van der Waals surface area contributed by atoms with E-state index in [2.05, 4.69) is 42.1 Å². The second-order valence-corrected chi connectivity index (χ2v) is 4.44. The molecular formula is C14H16N2O2. The number of nitrogens with zero attached hydrogens (tertiary/aromatic N) is 1. The predicted molar refractivity (Wildman–Crippen MR) is 69.5 cm³/mol. The highest BCUT2D eigenvalue weighted by Gasteiger charge is 2.16. The van der Waals surface area contributed by atoms with Gasteiger partial charge in [0.2, 0.25) is 6.79 Å². The topological polar surface area (TPSA) is 35.4 Å². The summed E-state index contributed by atoms with van der Waals surface area (Å²) in [6.07, 6.45) is 0. The standard InChI is InChI=1S/C14H16N2O2/c1-10-6-7-11(2)16(10)15-8-12-4-3-5-13-14(12)18-9-17-13/h3-7,15H,8-9H2,1-2H3. The largest absolute Gasteiger partial charge is 0.454 e. The van der Waals surface area contributed by atoms with E-state index in [9.17, 15) is 0 Å². The van der Waals surface area contributed by atoms with Gasteiger partial charge in [-0.2, -0.15) is 0 Å². The van der Waals surface area contributed by atoms with Gasteiger partial charge in [0.05, 0.1) is 6.54 Å². The number of benzene rings is 1. The van der Waals surface area contributed by atoms with Crippen molar-refractivity contribution in [2.24, 2.45) is 0 Å². The van der Waals surface area contributed by atoms with Crippen molar-refractivity contribution in [3.8, 4) is 11.5 Å². The zero-order valence-electron chi connectivity index (χ0n) is 10.6. The van der Waals surface area contributed by atoms with E-state index in [1.54, 1.807) is 0 Å². The van der Waals surface area contributed by atoms with E-state index >= 15 is 0 Å². The highest BCUT2D eigenvalue weighted by atomic mass is 16.7. The van der Waals surface area contributed by atoms with Crippen LogP contribution in [0.2, 0.25) is 0 Å². The third-order valence-electron chi connectivity index (χ3n) is 3.18. The predicted octanol–water partition coefficient (Wildman–Crippen LogP) is 2.58. The van der Waals surface area contributed by atoms with Gasteiger partial charge in [-0.3, -0.25) is 4.68 Å². The van der Waals surface area contributed by atoms with E-state index in [0.29, 0.717) is 13.3 Å². The van der Waals surface area contributed by atoms with E-state index < -0.39 is 0 Å². The summed E-state index contributed by atoms with van der Waals surface area (Å²) in [4.78, 5) is 0. The molecule has 4 heteroatoms. The Kier molecular flexibility index (Phi) is 2.63. The van der Waals surface area contributed by atoms with Crippen LogP contribution in [0.15, 0.2) is 30.3 Å². The van der Waals surface area contributed by atoms with Crippen LogP contribution in [0.25, 0.3) is 0 Å². The molecule has 0 bridgehead atoms. The fraction of sp³-hybridized carbons (Fsp3) is 0.286. The molecule has 3 rings (SSSR count).